The van der Waals surface area contributed by atoms with Gasteiger partial charge in [0.2, 0.25) is 65.0 Å². The molecule has 2 heterocycles. The van der Waals surface area contributed by atoms with Crippen LogP contribution in [0.1, 0.15) is 195 Å². The van der Waals surface area contributed by atoms with E-state index in [1.807, 2.05) is 20.8 Å². The van der Waals surface area contributed by atoms with Gasteiger partial charge < -0.3 is 55.1 Å². The van der Waals surface area contributed by atoms with Gasteiger partial charge in [-0.2, -0.15) is 13.2 Å². The van der Waals surface area contributed by atoms with Crippen molar-refractivity contribution in [3.8, 4) is 0 Å². The second-order valence-corrected chi connectivity index (χ2v) is 29.8. The number of hydrogen-bond acceptors (Lipinski definition) is 11. The molecular formula is C68H111ClF3N11O11. The smallest absolute Gasteiger partial charge is 0.343 e. The largest absolute Gasteiger partial charge is 0.393 e. The summed E-state index contributed by atoms with van der Waals surface area (Å²) < 4.78 is 41.9. The van der Waals surface area contributed by atoms with Gasteiger partial charge in [-0.1, -0.05) is 105 Å². The number of fused-ring (bicyclic) bond motifs is 1. The van der Waals surface area contributed by atoms with E-state index in [2.05, 4.69) is 16.0 Å². The zero-order valence-corrected chi connectivity index (χ0v) is 58.9. The van der Waals surface area contributed by atoms with Crippen LogP contribution in [0.4, 0.5) is 13.2 Å². The van der Waals surface area contributed by atoms with Crippen molar-refractivity contribution in [2.75, 3.05) is 75.5 Å². The standard InChI is InChI=1S/C68H111ClF3N11O11/c1-13-43(4)59-65(93)78(8)40-57(86)76(6)41-58(87)81(11)53(37-45-22-15-14-16-23-45)63(91)77(7)39-55(84)73-50(30-28-47-27-29-48(49(69)36-47)68(70,71)72)62(90)83-33-21-26-51(83)61(89)75-67(31-19-20-32-67)66(94)82(12)54(38-46-24-17-18-25-46)64(92)79(9)44(5)35-56(85)80(10)52(34-42(2)3)60(88)74-59/h42-54,59H,13-41H2,1-12H3,(H,73,84)(H,74,88)(H,75,89)/t43-,44+,47?,48?,49?,50-,51-,52-,53-,54-,59-/m0/s1. The number of nitrogens with one attached hydrogen (secondary N) is 3. The molecule has 6 fully saturated rings. The summed E-state index contributed by atoms with van der Waals surface area (Å²) in [6.45, 7) is 7.74. The molecule has 2 aliphatic heterocycles. The summed E-state index contributed by atoms with van der Waals surface area (Å²) in [5.74, 6) is -8.66. The average molecular weight is 1350 g/mol. The molecule has 0 radical (unpaired) electrons. The van der Waals surface area contributed by atoms with Crippen LogP contribution in [0.2, 0.25) is 0 Å². The predicted octanol–water partition coefficient (Wildman–Crippen LogP) is 6.49. The summed E-state index contributed by atoms with van der Waals surface area (Å²) >= 11 is 6.39. The molecule has 0 bridgehead atoms. The number of hydrogen-bond donors (Lipinski definition) is 3. The molecular weight excluding hydrogens is 1240 g/mol. The molecule has 26 heteroatoms. The first-order valence-corrected chi connectivity index (χ1v) is 35.4. The van der Waals surface area contributed by atoms with Gasteiger partial charge in [-0.3, -0.25) is 52.7 Å². The van der Waals surface area contributed by atoms with Crippen LogP contribution < -0.4 is 16.0 Å². The van der Waals surface area contributed by atoms with E-state index >= 15 is 14.4 Å². The van der Waals surface area contributed by atoms with Crippen LogP contribution in [-0.4, -0.2) is 239 Å². The number of carbonyl (C=O) groups excluding carboxylic acids is 11. The molecule has 6 aliphatic rings. The summed E-state index contributed by atoms with van der Waals surface area (Å²) in [4.78, 5) is 172. The molecule has 3 N–H and O–H groups in total. The number of halogens is 4. The monoisotopic (exact) mass is 1350 g/mol. The van der Waals surface area contributed by atoms with Gasteiger partial charge >= 0.3 is 6.18 Å². The molecule has 94 heavy (non-hydrogen) atoms. The van der Waals surface area contributed by atoms with Crippen LogP contribution in [-0.2, 0) is 52.7 Å². The number of rotatable bonds is 11. The van der Waals surface area contributed by atoms with E-state index in [0.29, 0.717) is 32.1 Å². The predicted molar refractivity (Wildman–Crippen MR) is 350 cm³/mol. The number of carbonyl (C=O) groups is 11. The SMILES string of the molecule is CC[C@H](C)[C@@H]1NC(=O)[C@H](CC(C)C)N(C)C(=O)C[C@@H](C)N(C)C(=O)[C@H](CC2CCCC2)N(C)C(=O)C2(CCCC2)NC(=O)[C@@H]2CCCN2C(=O)[C@H](CCC2CCC(C(F)(F)F)C(Cl)C2)NC(=O)CN(C)C(=O)[C@H](CC2CCCCC2)N(C)C(=O)CN(C)C(=O)CN(C)C1=O. The number of alkyl halides is 4. The third-order valence-electron chi connectivity index (χ3n) is 21.8. The quantitative estimate of drug-likeness (QED) is 0.189. The van der Waals surface area contributed by atoms with E-state index in [1.165, 1.54) is 69.5 Å². The molecule has 0 aromatic carbocycles. The van der Waals surface area contributed by atoms with Crippen molar-refractivity contribution in [3.05, 3.63) is 0 Å². The van der Waals surface area contributed by atoms with Crippen molar-refractivity contribution in [2.24, 2.45) is 35.5 Å². The second-order valence-electron chi connectivity index (χ2n) is 29.2. The number of amides is 11. The van der Waals surface area contributed by atoms with Crippen molar-refractivity contribution in [2.45, 2.75) is 255 Å². The van der Waals surface area contributed by atoms with E-state index in [-0.39, 0.29) is 101 Å². The third kappa shape index (κ3) is 20.0. The Morgan fingerprint density at radius 2 is 1.13 bits per heavy atom. The van der Waals surface area contributed by atoms with Crippen LogP contribution in [0.15, 0.2) is 0 Å². The van der Waals surface area contributed by atoms with E-state index in [1.54, 1.807) is 27.9 Å². The molecule has 0 aromatic rings. The Morgan fingerprint density at radius 3 is 1.70 bits per heavy atom. The van der Waals surface area contributed by atoms with Gasteiger partial charge in [-0.25, -0.2) is 0 Å². The summed E-state index contributed by atoms with van der Waals surface area (Å²) in [5.41, 5.74) is -1.46. The van der Waals surface area contributed by atoms with Gasteiger partial charge in [0.15, 0.2) is 0 Å². The summed E-state index contributed by atoms with van der Waals surface area (Å²) in [5, 5.41) is 7.65. The minimum Gasteiger partial charge on any atom is -0.343 e. The molecule has 0 aromatic heterocycles. The lowest BCUT2D eigenvalue weighted by atomic mass is 9.78. The lowest BCUT2D eigenvalue weighted by molar-refractivity contribution is -0.182. The summed E-state index contributed by atoms with van der Waals surface area (Å²) in [6.07, 6.45) is 7.02. The van der Waals surface area contributed by atoms with Crippen molar-refractivity contribution in [1.82, 2.24) is 55.1 Å². The zero-order valence-electron chi connectivity index (χ0n) is 58.2. The first-order valence-electron chi connectivity index (χ1n) is 34.9. The minimum atomic E-state index is -4.49. The van der Waals surface area contributed by atoms with Crippen LogP contribution in [0.25, 0.3) is 0 Å². The maximum absolute atomic E-state index is 15.4. The van der Waals surface area contributed by atoms with Crippen LogP contribution in [0.3, 0.4) is 0 Å². The highest BCUT2D eigenvalue weighted by molar-refractivity contribution is 6.20. The fourth-order valence-electron chi connectivity index (χ4n) is 15.3. The molecule has 532 valence electrons. The Bertz CT molecular complexity index is 2670. The molecule has 4 saturated carbocycles. The third-order valence-corrected chi connectivity index (χ3v) is 22.3. The molecule has 6 rings (SSSR count). The van der Waals surface area contributed by atoms with Crippen molar-refractivity contribution < 1.29 is 65.9 Å². The highest BCUT2D eigenvalue weighted by atomic mass is 35.5. The fraction of sp³-hybridized carbons (Fsp3) is 0.838. The van der Waals surface area contributed by atoms with Crippen LogP contribution in [0, 0.1) is 35.5 Å². The van der Waals surface area contributed by atoms with Crippen molar-refractivity contribution in [3.63, 3.8) is 0 Å². The molecule has 11 atom stereocenters. The Hall–Kier alpha value is -5.75. The highest BCUT2D eigenvalue weighted by Crippen LogP contribution is 2.44. The fourth-order valence-corrected chi connectivity index (χ4v) is 15.8. The Morgan fingerprint density at radius 1 is 0.564 bits per heavy atom. The number of nitrogens with zero attached hydrogens (tertiary/aromatic N) is 8. The zero-order chi connectivity index (χ0) is 69.7. The topological polar surface area (TPSA) is 250 Å². The normalized spacial score (nSPS) is 30.2. The summed E-state index contributed by atoms with van der Waals surface area (Å²) in [7, 11) is 10.4. The van der Waals surface area contributed by atoms with E-state index in [4.69, 9.17) is 11.6 Å². The van der Waals surface area contributed by atoms with Gasteiger partial charge in [0.05, 0.1) is 25.6 Å². The van der Waals surface area contributed by atoms with Gasteiger partial charge in [0.25, 0.3) is 0 Å². The minimum absolute atomic E-state index is 0.0186. The Kier molecular flexibility index (Phi) is 28.3. The van der Waals surface area contributed by atoms with Crippen LogP contribution >= 0.6 is 11.6 Å². The molecule has 11 amide bonds. The molecule has 22 nitrogen and oxygen atoms in total. The molecule has 1 spiro atoms. The molecule has 4 aliphatic carbocycles. The van der Waals surface area contributed by atoms with Crippen molar-refractivity contribution in [1.29, 1.82) is 0 Å². The van der Waals surface area contributed by atoms with Gasteiger partial charge in [0, 0.05) is 73.7 Å². The van der Waals surface area contributed by atoms with Gasteiger partial charge in [0.1, 0.15) is 41.8 Å². The average Bonchev–Trinajstić information content (AvgIpc) is 1.53. The van der Waals surface area contributed by atoms with Gasteiger partial charge in [-0.05, 0) is 114 Å². The molecule has 2 saturated heterocycles. The summed E-state index contributed by atoms with van der Waals surface area (Å²) in [6, 6.07) is -7.40. The van der Waals surface area contributed by atoms with Crippen LogP contribution in [0.5, 0.6) is 0 Å². The highest BCUT2D eigenvalue weighted by Gasteiger charge is 2.51. The van der Waals surface area contributed by atoms with E-state index < -0.39 is 156 Å². The maximum atomic E-state index is 15.4. The van der Waals surface area contributed by atoms with E-state index in [9.17, 15) is 51.5 Å². The van der Waals surface area contributed by atoms with Gasteiger partial charge in [-0.15, -0.1) is 11.6 Å². The first kappa shape index (κ1) is 77.3. The van der Waals surface area contributed by atoms with E-state index in [0.717, 1.165) is 62.7 Å². The Labute approximate surface area is 560 Å². The lowest BCUT2D eigenvalue weighted by Crippen LogP contribution is -2.64. The molecule has 3 unspecified atom stereocenters. The lowest BCUT2D eigenvalue weighted by Gasteiger charge is -2.40. The Balaban J connectivity index is 1.37. The maximum Gasteiger partial charge on any atom is 0.393 e. The number of likely N-dealkylation sites (N-methyl/N-ethyl adjacent to an activating group) is 7. The first-order chi connectivity index (χ1) is 44.2. The second kappa shape index (κ2) is 34.5. The van der Waals surface area contributed by atoms with Crippen molar-refractivity contribution >= 4 is 76.6 Å².